The quantitative estimate of drug-likeness (QED) is 0.510. The summed E-state index contributed by atoms with van der Waals surface area (Å²) in [5.74, 6) is 0.0356. The first-order valence-corrected chi connectivity index (χ1v) is 8.73. The summed E-state index contributed by atoms with van der Waals surface area (Å²) in [5.41, 5.74) is 0.838. The van der Waals surface area contributed by atoms with Crippen LogP contribution in [0.25, 0.3) is 22.6 Å². The molecule has 0 bridgehead atoms. The van der Waals surface area contributed by atoms with E-state index in [1.54, 1.807) is 13.0 Å². The molecule has 0 amide bonds. The number of benzene rings is 2. The molecule has 0 aliphatic carbocycles. The molecule has 148 valence electrons. The predicted octanol–water partition coefficient (Wildman–Crippen LogP) is 4.49. The highest BCUT2D eigenvalue weighted by Gasteiger charge is 2.31. The zero-order valence-corrected chi connectivity index (χ0v) is 15.6. The SMILES string of the molecule is COc1c(C)nc2cc(-c3ccccc3)n(-c3cccc(C(F)(F)F)c3)n2c1=O. The first-order valence-electron chi connectivity index (χ1n) is 8.73. The molecule has 2 aromatic carbocycles. The maximum Gasteiger partial charge on any atom is 0.416 e. The Labute approximate surface area is 163 Å². The Morgan fingerprint density at radius 2 is 1.72 bits per heavy atom. The minimum Gasteiger partial charge on any atom is -0.490 e. The standard InChI is InChI=1S/C21H16F3N3O2/c1-13-19(29-2)20(28)27-18(25-13)12-17(14-7-4-3-5-8-14)26(27)16-10-6-9-15(11-16)21(22,23)24/h3-12H,1-2H3. The van der Waals surface area contributed by atoms with Gasteiger partial charge in [-0.3, -0.25) is 4.79 Å². The average molecular weight is 399 g/mol. The third-order valence-corrected chi connectivity index (χ3v) is 4.60. The largest absolute Gasteiger partial charge is 0.490 e. The number of hydrogen-bond donors (Lipinski definition) is 0. The van der Waals surface area contributed by atoms with Crippen LogP contribution < -0.4 is 10.3 Å². The highest BCUT2D eigenvalue weighted by molar-refractivity contribution is 5.68. The van der Waals surface area contributed by atoms with Crippen molar-refractivity contribution < 1.29 is 17.9 Å². The highest BCUT2D eigenvalue weighted by atomic mass is 19.4. The molecule has 0 unspecified atom stereocenters. The molecule has 4 aromatic rings. The van der Waals surface area contributed by atoms with Crippen molar-refractivity contribution in [1.29, 1.82) is 0 Å². The third-order valence-electron chi connectivity index (χ3n) is 4.60. The molecule has 0 saturated carbocycles. The first-order chi connectivity index (χ1) is 13.8. The van der Waals surface area contributed by atoms with Gasteiger partial charge in [0.25, 0.3) is 0 Å². The Morgan fingerprint density at radius 3 is 2.38 bits per heavy atom. The molecule has 2 heterocycles. The summed E-state index contributed by atoms with van der Waals surface area (Å²) in [6, 6.07) is 15.6. The Hall–Kier alpha value is -3.55. The van der Waals surface area contributed by atoms with Crippen molar-refractivity contribution in [3.05, 3.63) is 82.3 Å². The van der Waals surface area contributed by atoms with Crippen molar-refractivity contribution in [1.82, 2.24) is 14.2 Å². The van der Waals surface area contributed by atoms with Gasteiger partial charge >= 0.3 is 11.7 Å². The number of nitrogens with zero attached hydrogens (tertiary/aromatic N) is 3. The average Bonchev–Trinajstić information content (AvgIpc) is 3.08. The van der Waals surface area contributed by atoms with Crippen LogP contribution in [0, 0.1) is 6.92 Å². The monoisotopic (exact) mass is 399 g/mol. The van der Waals surface area contributed by atoms with Crippen LogP contribution in [0.2, 0.25) is 0 Å². The first kappa shape index (κ1) is 18.8. The van der Waals surface area contributed by atoms with Crippen molar-refractivity contribution >= 4 is 5.65 Å². The van der Waals surface area contributed by atoms with Gasteiger partial charge < -0.3 is 4.74 Å². The van der Waals surface area contributed by atoms with Crippen molar-refractivity contribution in [2.24, 2.45) is 0 Å². The van der Waals surface area contributed by atoms with Gasteiger partial charge in [0.2, 0.25) is 5.75 Å². The van der Waals surface area contributed by atoms with Gasteiger partial charge in [-0.1, -0.05) is 36.4 Å². The molecule has 29 heavy (non-hydrogen) atoms. The number of rotatable bonds is 3. The van der Waals surface area contributed by atoms with E-state index >= 15 is 0 Å². The summed E-state index contributed by atoms with van der Waals surface area (Å²) in [4.78, 5) is 17.5. The molecule has 4 rings (SSSR count). The molecule has 0 spiro atoms. The van der Waals surface area contributed by atoms with Gasteiger partial charge in [0, 0.05) is 11.6 Å². The van der Waals surface area contributed by atoms with Crippen LogP contribution in [-0.4, -0.2) is 21.3 Å². The van der Waals surface area contributed by atoms with Crippen LogP contribution in [0.1, 0.15) is 11.3 Å². The Kier molecular flexibility index (Phi) is 4.41. The molecule has 0 fully saturated rings. The number of alkyl halides is 3. The number of fused-ring (bicyclic) bond motifs is 1. The van der Waals surface area contributed by atoms with E-state index in [9.17, 15) is 18.0 Å². The van der Waals surface area contributed by atoms with Crippen LogP contribution in [0.3, 0.4) is 0 Å². The summed E-state index contributed by atoms with van der Waals surface area (Å²) < 4.78 is 47.7. The number of hydrogen-bond acceptors (Lipinski definition) is 3. The number of aromatic nitrogens is 3. The van der Waals surface area contributed by atoms with Crippen LogP contribution in [-0.2, 0) is 6.18 Å². The van der Waals surface area contributed by atoms with Gasteiger partial charge in [-0.25, -0.2) is 9.67 Å². The van der Waals surface area contributed by atoms with Gasteiger partial charge in [0.1, 0.15) is 0 Å². The maximum absolute atomic E-state index is 13.3. The van der Waals surface area contributed by atoms with E-state index < -0.39 is 17.3 Å². The normalized spacial score (nSPS) is 11.8. The van der Waals surface area contributed by atoms with Gasteiger partial charge in [0.05, 0.1) is 29.7 Å². The molecule has 0 saturated heterocycles. The molecule has 8 heteroatoms. The molecule has 0 radical (unpaired) electrons. The fraction of sp³-hybridized carbons (Fsp3) is 0.143. The third kappa shape index (κ3) is 3.16. The van der Waals surface area contributed by atoms with E-state index in [0.29, 0.717) is 17.0 Å². The summed E-state index contributed by atoms with van der Waals surface area (Å²) in [7, 11) is 1.35. The Bertz CT molecular complexity index is 1260. The molecule has 5 nitrogen and oxygen atoms in total. The van der Waals surface area contributed by atoms with E-state index in [1.807, 2.05) is 30.3 Å². The minimum absolute atomic E-state index is 0.0356. The molecule has 0 aliphatic heterocycles. The number of aryl methyl sites for hydroxylation is 1. The van der Waals surface area contributed by atoms with E-state index in [4.69, 9.17) is 4.74 Å². The van der Waals surface area contributed by atoms with Crippen molar-refractivity contribution in [3.63, 3.8) is 0 Å². The fourth-order valence-corrected chi connectivity index (χ4v) is 3.32. The number of halogens is 3. The van der Waals surface area contributed by atoms with Crippen molar-refractivity contribution in [2.75, 3.05) is 7.11 Å². The number of methoxy groups -OCH3 is 1. The summed E-state index contributed by atoms with van der Waals surface area (Å²) in [6.45, 7) is 1.64. The fourth-order valence-electron chi connectivity index (χ4n) is 3.32. The van der Waals surface area contributed by atoms with Gasteiger partial charge in [0.15, 0.2) is 5.65 Å². The lowest BCUT2D eigenvalue weighted by Crippen LogP contribution is -2.23. The number of ether oxygens (including phenoxy) is 1. The van der Waals surface area contributed by atoms with E-state index in [-0.39, 0.29) is 11.4 Å². The lowest BCUT2D eigenvalue weighted by Gasteiger charge is -2.14. The molecule has 0 atom stereocenters. The smallest absolute Gasteiger partial charge is 0.416 e. The predicted molar refractivity (Wildman–Crippen MR) is 103 cm³/mol. The Balaban J connectivity index is 2.12. The molecular formula is C21H16F3N3O2. The lowest BCUT2D eigenvalue weighted by molar-refractivity contribution is -0.137. The zero-order chi connectivity index (χ0) is 20.8. The molecule has 0 N–H and O–H groups in total. The van der Waals surface area contributed by atoms with E-state index in [2.05, 4.69) is 4.98 Å². The summed E-state index contributed by atoms with van der Waals surface area (Å²) in [6.07, 6.45) is -4.51. The lowest BCUT2D eigenvalue weighted by atomic mass is 10.1. The maximum atomic E-state index is 13.3. The second-order valence-electron chi connectivity index (χ2n) is 6.46. The second-order valence-corrected chi connectivity index (χ2v) is 6.46. The van der Waals surface area contributed by atoms with Crippen molar-refractivity contribution in [3.8, 4) is 22.7 Å². The zero-order valence-electron chi connectivity index (χ0n) is 15.6. The van der Waals surface area contributed by atoms with Crippen LogP contribution >= 0.6 is 0 Å². The second kappa shape index (κ2) is 6.80. The van der Waals surface area contributed by atoms with Gasteiger partial charge in [-0.2, -0.15) is 17.7 Å². The topological polar surface area (TPSA) is 48.5 Å². The summed E-state index contributed by atoms with van der Waals surface area (Å²) >= 11 is 0. The van der Waals surface area contributed by atoms with Crippen LogP contribution in [0.4, 0.5) is 13.2 Å². The van der Waals surface area contributed by atoms with Crippen molar-refractivity contribution in [2.45, 2.75) is 13.1 Å². The van der Waals surface area contributed by atoms with E-state index in [0.717, 1.165) is 17.7 Å². The van der Waals surface area contributed by atoms with E-state index in [1.165, 1.54) is 28.4 Å². The molecule has 0 aliphatic rings. The van der Waals surface area contributed by atoms with Crippen LogP contribution in [0.15, 0.2) is 65.5 Å². The minimum atomic E-state index is -4.51. The van der Waals surface area contributed by atoms with Gasteiger partial charge in [-0.15, -0.1) is 0 Å². The van der Waals surface area contributed by atoms with Gasteiger partial charge in [-0.05, 0) is 25.1 Å². The van der Waals surface area contributed by atoms with Crippen LogP contribution in [0.5, 0.6) is 5.75 Å². The highest BCUT2D eigenvalue weighted by Crippen LogP contribution is 2.32. The molecular weight excluding hydrogens is 383 g/mol. The molecule has 2 aromatic heterocycles. The Morgan fingerprint density at radius 1 is 1.00 bits per heavy atom. The summed E-state index contributed by atoms with van der Waals surface area (Å²) in [5, 5.41) is 0.